The number of phenols is 1. The minimum atomic E-state index is 0.151. The van der Waals surface area contributed by atoms with Crippen molar-refractivity contribution in [2.24, 2.45) is 0 Å². The molecule has 0 aliphatic rings. The average Bonchev–Trinajstić information content (AvgIpc) is 2.16. The summed E-state index contributed by atoms with van der Waals surface area (Å²) in [6, 6.07) is 3.49. The van der Waals surface area contributed by atoms with Crippen LogP contribution in [0.2, 0.25) is 5.02 Å². The monoisotopic (exact) mass is 211 g/mol. The Morgan fingerprint density at radius 3 is 2.43 bits per heavy atom. The van der Waals surface area contributed by atoms with Gasteiger partial charge in [-0.25, -0.2) is 0 Å². The molecule has 1 aromatic carbocycles. The number of aromatic hydroxyl groups is 1. The lowest BCUT2D eigenvalue weighted by atomic mass is 10.2. The van der Waals surface area contributed by atoms with E-state index < -0.39 is 0 Å². The van der Waals surface area contributed by atoms with Gasteiger partial charge in [0.15, 0.2) is 0 Å². The third kappa shape index (κ3) is 3.20. The number of terminal acetylenes is 1. The number of anilines is 1. The molecule has 2 N–H and O–H groups in total. The number of hydrogen-bond acceptors (Lipinski definition) is 2. The van der Waals surface area contributed by atoms with Crippen LogP contribution in [0.15, 0.2) is 12.1 Å². The van der Waals surface area contributed by atoms with Crippen LogP contribution in [0, 0.1) is 19.3 Å². The van der Waals surface area contributed by atoms with Crippen molar-refractivity contribution in [3.8, 4) is 18.1 Å². The van der Waals surface area contributed by atoms with Crippen LogP contribution in [-0.2, 0) is 0 Å². The minimum Gasteiger partial charge on any atom is -0.506 e. The summed E-state index contributed by atoms with van der Waals surface area (Å²) in [5.74, 6) is 2.40. The van der Waals surface area contributed by atoms with E-state index in [1.54, 1.807) is 20.0 Å². The molecule has 3 heteroatoms. The normalized spacial score (nSPS) is 8.21. The van der Waals surface area contributed by atoms with Gasteiger partial charge in [-0.05, 0) is 26.0 Å². The zero-order valence-corrected chi connectivity index (χ0v) is 9.31. The van der Waals surface area contributed by atoms with Gasteiger partial charge in [0.2, 0.25) is 0 Å². The molecule has 0 saturated heterocycles. The van der Waals surface area contributed by atoms with E-state index in [1.165, 1.54) is 0 Å². The standard InChI is InChI=1S/C8H10ClNO.C3H4/c1-5-7(10-2)4-3-6(9)8(5)11;1-3-2/h3-4,10-11H,1-2H3;1H,2H3. The van der Waals surface area contributed by atoms with Gasteiger partial charge >= 0.3 is 0 Å². The number of hydrogen-bond donors (Lipinski definition) is 2. The Hall–Kier alpha value is -1.33. The van der Waals surface area contributed by atoms with Crippen molar-refractivity contribution in [2.45, 2.75) is 13.8 Å². The zero-order valence-electron chi connectivity index (χ0n) is 8.56. The van der Waals surface area contributed by atoms with Crippen molar-refractivity contribution in [3.05, 3.63) is 22.7 Å². The first-order valence-corrected chi connectivity index (χ1v) is 4.49. The van der Waals surface area contributed by atoms with E-state index in [4.69, 9.17) is 11.6 Å². The van der Waals surface area contributed by atoms with Crippen LogP contribution in [0.5, 0.6) is 5.75 Å². The molecule has 0 radical (unpaired) electrons. The van der Waals surface area contributed by atoms with Crippen LogP contribution in [0.1, 0.15) is 12.5 Å². The molecule has 0 atom stereocenters. The first-order chi connectivity index (χ1) is 6.58. The first-order valence-electron chi connectivity index (χ1n) is 4.11. The van der Waals surface area contributed by atoms with Gasteiger partial charge in [-0.15, -0.1) is 12.3 Å². The molecule has 0 amide bonds. The topological polar surface area (TPSA) is 32.3 Å². The molecule has 0 aliphatic heterocycles. The van der Waals surface area contributed by atoms with Gasteiger partial charge in [-0.1, -0.05) is 11.6 Å². The van der Waals surface area contributed by atoms with Gasteiger partial charge in [0.25, 0.3) is 0 Å². The highest BCUT2D eigenvalue weighted by Crippen LogP contribution is 2.31. The molecule has 2 nitrogen and oxygen atoms in total. The Morgan fingerprint density at radius 2 is 2.00 bits per heavy atom. The molecule has 14 heavy (non-hydrogen) atoms. The molecule has 0 fully saturated rings. The van der Waals surface area contributed by atoms with E-state index in [2.05, 4.69) is 17.7 Å². The molecule has 0 unspecified atom stereocenters. The van der Waals surface area contributed by atoms with Crippen molar-refractivity contribution in [3.63, 3.8) is 0 Å². The fraction of sp³-hybridized carbons (Fsp3) is 0.273. The van der Waals surface area contributed by atoms with E-state index in [9.17, 15) is 5.11 Å². The fourth-order valence-corrected chi connectivity index (χ4v) is 1.14. The van der Waals surface area contributed by atoms with Gasteiger partial charge in [0.1, 0.15) is 5.75 Å². The molecule has 0 aromatic heterocycles. The molecule has 1 aromatic rings. The summed E-state index contributed by atoms with van der Waals surface area (Å²) in [4.78, 5) is 0. The highest BCUT2D eigenvalue weighted by Gasteiger charge is 2.04. The van der Waals surface area contributed by atoms with Gasteiger partial charge in [0, 0.05) is 18.3 Å². The highest BCUT2D eigenvalue weighted by molar-refractivity contribution is 6.32. The Labute approximate surface area is 89.9 Å². The van der Waals surface area contributed by atoms with E-state index in [-0.39, 0.29) is 5.75 Å². The van der Waals surface area contributed by atoms with E-state index in [0.717, 1.165) is 11.3 Å². The van der Waals surface area contributed by atoms with Gasteiger partial charge in [-0.2, -0.15) is 0 Å². The second kappa shape index (κ2) is 6.17. The molecule has 0 heterocycles. The van der Waals surface area contributed by atoms with Crippen molar-refractivity contribution < 1.29 is 5.11 Å². The average molecular weight is 212 g/mol. The third-order valence-electron chi connectivity index (χ3n) is 1.65. The smallest absolute Gasteiger partial charge is 0.139 e. The summed E-state index contributed by atoms with van der Waals surface area (Å²) in [6.45, 7) is 3.47. The van der Waals surface area contributed by atoms with Crippen LogP contribution >= 0.6 is 11.6 Å². The zero-order chi connectivity index (χ0) is 11.1. The Kier molecular flexibility index (Phi) is 5.59. The maximum Gasteiger partial charge on any atom is 0.139 e. The Bertz CT molecular complexity index is 342. The Balaban J connectivity index is 0.000000500. The minimum absolute atomic E-state index is 0.151. The molecular weight excluding hydrogens is 198 g/mol. The van der Waals surface area contributed by atoms with Crippen molar-refractivity contribution in [1.82, 2.24) is 0 Å². The number of rotatable bonds is 1. The summed E-state index contributed by atoms with van der Waals surface area (Å²) in [7, 11) is 1.80. The predicted molar refractivity (Wildman–Crippen MR) is 61.9 cm³/mol. The lowest BCUT2D eigenvalue weighted by Gasteiger charge is -2.07. The van der Waals surface area contributed by atoms with Crippen molar-refractivity contribution in [2.75, 3.05) is 12.4 Å². The maximum atomic E-state index is 9.35. The lowest BCUT2D eigenvalue weighted by Crippen LogP contribution is -1.91. The van der Waals surface area contributed by atoms with Crippen LogP contribution in [0.25, 0.3) is 0 Å². The van der Waals surface area contributed by atoms with Crippen molar-refractivity contribution in [1.29, 1.82) is 0 Å². The van der Waals surface area contributed by atoms with Gasteiger partial charge in [0.05, 0.1) is 5.02 Å². The molecule has 1 rings (SSSR count). The predicted octanol–water partition coefficient (Wildman–Crippen LogP) is 3.04. The van der Waals surface area contributed by atoms with E-state index >= 15 is 0 Å². The van der Waals surface area contributed by atoms with Crippen LogP contribution in [-0.4, -0.2) is 12.2 Å². The molecular formula is C11H14ClNO. The lowest BCUT2D eigenvalue weighted by molar-refractivity contribution is 0.472. The molecule has 0 aliphatic carbocycles. The number of benzene rings is 1. The summed E-state index contributed by atoms with van der Waals surface area (Å²) in [6.07, 6.45) is 4.60. The Morgan fingerprint density at radius 1 is 1.50 bits per heavy atom. The second-order valence-electron chi connectivity index (χ2n) is 2.61. The SMILES string of the molecule is C#CC.CNc1ccc(Cl)c(O)c1C. The van der Waals surface area contributed by atoms with E-state index in [0.29, 0.717) is 5.02 Å². The van der Waals surface area contributed by atoms with Crippen LogP contribution in [0.4, 0.5) is 5.69 Å². The molecule has 0 spiro atoms. The first kappa shape index (κ1) is 12.7. The molecule has 76 valence electrons. The maximum absolute atomic E-state index is 9.35. The number of phenolic OH excluding ortho intramolecular Hbond substituents is 1. The number of nitrogens with one attached hydrogen (secondary N) is 1. The van der Waals surface area contributed by atoms with Crippen LogP contribution < -0.4 is 5.32 Å². The van der Waals surface area contributed by atoms with E-state index in [1.807, 2.05) is 13.0 Å². The van der Waals surface area contributed by atoms with Gasteiger partial charge < -0.3 is 10.4 Å². The quantitative estimate of drug-likeness (QED) is 0.700. The summed E-state index contributed by atoms with van der Waals surface area (Å²) in [5, 5.41) is 12.7. The largest absolute Gasteiger partial charge is 0.506 e. The third-order valence-corrected chi connectivity index (χ3v) is 1.96. The molecule has 0 saturated carbocycles. The summed E-state index contributed by atoms with van der Waals surface area (Å²) >= 11 is 5.67. The molecule has 0 bridgehead atoms. The fourth-order valence-electron chi connectivity index (χ4n) is 0.938. The summed E-state index contributed by atoms with van der Waals surface area (Å²) < 4.78 is 0. The van der Waals surface area contributed by atoms with Crippen LogP contribution in [0.3, 0.4) is 0 Å². The highest BCUT2D eigenvalue weighted by atomic mass is 35.5. The summed E-state index contributed by atoms with van der Waals surface area (Å²) in [5.41, 5.74) is 1.67. The number of halogens is 1. The second-order valence-corrected chi connectivity index (χ2v) is 3.01. The van der Waals surface area contributed by atoms with Crippen molar-refractivity contribution >= 4 is 17.3 Å². The van der Waals surface area contributed by atoms with Gasteiger partial charge in [-0.3, -0.25) is 0 Å².